The van der Waals surface area contributed by atoms with Gasteiger partial charge in [0.1, 0.15) is 12.4 Å². The molecule has 7 nitrogen and oxygen atoms in total. The second-order valence-corrected chi connectivity index (χ2v) is 7.61. The van der Waals surface area contributed by atoms with Crippen LogP contribution in [-0.4, -0.2) is 46.8 Å². The number of likely N-dealkylation sites (tertiary alicyclic amines) is 1. The van der Waals surface area contributed by atoms with Crippen molar-refractivity contribution in [1.29, 1.82) is 5.41 Å². The number of hydrogen-bond donors (Lipinski definition) is 2. The molecule has 0 spiro atoms. The Morgan fingerprint density at radius 1 is 1.16 bits per heavy atom. The molecule has 7 heteroatoms. The lowest BCUT2D eigenvalue weighted by atomic mass is 10.1. The van der Waals surface area contributed by atoms with E-state index in [9.17, 15) is 4.79 Å². The molecule has 4 rings (SSSR count). The van der Waals surface area contributed by atoms with Crippen molar-refractivity contribution in [3.63, 3.8) is 0 Å². The molecule has 1 aromatic carbocycles. The molecule has 31 heavy (non-hydrogen) atoms. The van der Waals surface area contributed by atoms with E-state index in [1.54, 1.807) is 29.2 Å². The molecule has 1 aliphatic heterocycles. The molecule has 2 N–H and O–H groups in total. The van der Waals surface area contributed by atoms with Crippen molar-refractivity contribution >= 4 is 11.9 Å². The second-order valence-electron chi connectivity index (χ2n) is 7.61. The highest BCUT2D eigenvalue weighted by Gasteiger charge is 2.11. The summed E-state index contributed by atoms with van der Waals surface area (Å²) >= 11 is 0. The van der Waals surface area contributed by atoms with E-state index in [-0.39, 0.29) is 5.56 Å². The average molecular weight is 418 g/mol. The SMILES string of the molecule is N=Cc1cc(-n2ccc(OCc3cccnc3)cc2=O)ccc1NCCN1CCCC1. The first-order chi connectivity index (χ1) is 15.2. The Balaban J connectivity index is 1.43. The number of pyridine rings is 2. The van der Waals surface area contributed by atoms with E-state index in [4.69, 9.17) is 10.1 Å². The van der Waals surface area contributed by atoms with Crippen molar-refractivity contribution in [2.45, 2.75) is 19.4 Å². The van der Waals surface area contributed by atoms with Crippen molar-refractivity contribution in [3.8, 4) is 11.4 Å². The number of nitrogens with one attached hydrogen (secondary N) is 2. The molecule has 2 aromatic heterocycles. The van der Waals surface area contributed by atoms with Gasteiger partial charge in [0.2, 0.25) is 0 Å². The number of rotatable bonds is 9. The normalized spacial score (nSPS) is 13.8. The highest BCUT2D eigenvalue weighted by molar-refractivity contribution is 5.86. The fourth-order valence-corrected chi connectivity index (χ4v) is 3.75. The molecule has 0 aliphatic carbocycles. The van der Waals surface area contributed by atoms with Crippen LogP contribution in [-0.2, 0) is 6.61 Å². The standard InChI is InChI=1S/C24H27N5O2/c25-16-20-14-21(5-6-23(20)27-9-13-28-10-1-2-11-28)29-12-7-22(15-24(29)30)31-18-19-4-3-8-26-17-19/h3-8,12,14-17,25,27H,1-2,9-11,13,18H2. The fourth-order valence-electron chi connectivity index (χ4n) is 3.75. The van der Waals surface area contributed by atoms with Gasteiger partial charge in [-0.25, -0.2) is 0 Å². The van der Waals surface area contributed by atoms with E-state index in [1.165, 1.54) is 38.2 Å². The van der Waals surface area contributed by atoms with Crippen molar-refractivity contribution in [2.24, 2.45) is 0 Å². The smallest absolute Gasteiger partial charge is 0.258 e. The number of benzene rings is 1. The Bertz CT molecular complexity index is 1070. The third-order valence-electron chi connectivity index (χ3n) is 5.43. The summed E-state index contributed by atoms with van der Waals surface area (Å²) in [5, 5.41) is 11.2. The van der Waals surface area contributed by atoms with Gasteiger partial charge in [-0.15, -0.1) is 0 Å². The van der Waals surface area contributed by atoms with E-state index in [0.29, 0.717) is 18.0 Å². The summed E-state index contributed by atoms with van der Waals surface area (Å²) in [4.78, 5) is 19.2. The Morgan fingerprint density at radius 2 is 2.03 bits per heavy atom. The Kier molecular flexibility index (Phi) is 6.74. The molecule has 0 radical (unpaired) electrons. The minimum Gasteiger partial charge on any atom is -0.489 e. The van der Waals surface area contributed by atoms with Crippen LogP contribution >= 0.6 is 0 Å². The van der Waals surface area contributed by atoms with Crippen LogP contribution < -0.4 is 15.6 Å². The van der Waals surface area contributed by atoms with Crippen molar-refractivity contribution in [2.75, 3.05) is 31.5 Å². The number of ether oxygens (including phenoxy) is 1. The zero-order valence-electron chi connectivity index (χ0n) is 17.5. The summed E-state index contributed by atoms with van der Waals surface area (Å²) in [7, 11) is 0. The molecular formula is C24H27N5O2. The lowest BCUT2D eigenvalue weighted by Gasteiger charge is -2.17. The molecular weight excluding hydrogens is 390 g/mol. The van der Waals surface area contributed by atoms with Gasteiger partial charge in [-0.2, -0.15) is 0 Å². The van der Waals surface area contributed by atoms with Crippen molar-refractivity contribution < 1.29 is 4.74 Å². The lowest BCUT2D eigenvalue weighted by molar-refractivity contribution is 0.305. The van der Waals surface area contributed by atoms with Gasteiger partial charge in [0.05, 0.1) is 0 Å². The number of nitrogens with zero attached hydrogens (tertiary/aromatic N) is 3. The Labute approximate surface area is 181 Å². The summed E-state index contributed by atoms with van der Waals surface area (Å²) in [5.41, 5.74) is 3.13. The zero-order valence-corrected chi connectivity index (χ0v) is 17.5. The maximum absolute atomic E-state index is 12.6. The molecule has 3 aromatic rings. The van der Waals surface area contributed by atoms with E-state index >= 15 is 0 Å². The molecule has 0 amide bonds. The van der Waals surface area contributed by atoms with Crippen LogP contribution in [0.4, 0.5) is 5.69 Å². The second kappa shape index (κ2) is 10.0. The summed E-state index contributed by atoms with van der Waals surface area (Å²) in [6.45, 7) is 4.53. The van der Waals surface area contributed by atoms with Crippen LogP contribution in [0.2, 0.25) is 0 Å². The van der Waals surface area contributed by atoms with E-state index < -0.39 is 0 Å². The van der Waals surface area contributed by atoms with Crippen molar-refractivity contribution in [3.05, 3.63) is 82.5 Å². The van der Waals surface area contributed by atoms with Crippen LogP contribution in [0.15, 0.2) is 65.8 Å². The Hall–Kier alpha value is -3.45. The number of aromatic nitrogens is 2. The first-order valence-corrected chi connectivity index (χ1v) is 10.6. The van der Waals surface area contributed by atoms with Gasteiger partial charge in [-0.05, 0) is 56.3 Å². The van der Waals surface area contributed by atoms with Gasteiger partial charge >= 0.3 is 0 Å². The van der Waals surface area contributed by atoms with E-state index in [0.717, 1.165) is 29.9 Å². The topological polar surface area (TPSA) is 83.2 Å². The predicted octanol–water partition coefficient (Wildman–Crippen LogP) is 3.32. The average Bonchev–Trinajstić information content (AvgIpc) is 3.32. The Morgan fingerprint density at radius 3 is 2.77 bits per heavy atom. The van der Waals surface area contributed by atoms with Crippen LogP contribution in [0.25, 0.3) is 5.69 Å². The van der Waals surface area contributed by atoms with Gasteiger partial charge in [0.25, 0.3) is 5.56 Å². The molecule has 0 unspecified atom stereocenters. The van der Waals surface area contributed by atoms with Gasteiger partial charge in [-0.3, -0.25) is 14.3 Å². The molecule has 0 atom stereocenters. The summed E-state index contributed by atoms with van der Waals surface area (Å²) < 4.78 is 7.26. The summed E-state index contributed by atoms with van der Waals surface area (Å²) in [6.07, 6.45) is 9.02. The maximum Gasteiger partial charge on any atom is 0.258 e. The molecule has 1 aliphatic rings. The minimum absolute atomic E-state index is 0.186. The number of hydrogen-bond acceptors (Lipinski definition) is 6. The maximum atomic E-state index is 12.6. The fraction of sp³-hybridized carbons (Fsp3) is 0.292. The lowest BCUT2D eigenvalue weighted by Crippen LogP contribution is -2.26. The quantitative estimate of drug-likeness (QED) is 0.522. The predicted molar refractivity (Wildman–Crippen MR) is 123 cm³/mol. The molecule has 3 heterocycles. The zero-order chi connectivity index (χ0) is 21.5. The van der Waals surface area contributed by atoms with Gasteiger partial charge < -0.3 is 20.4 Å². The minimum atomic E-state index is -0.186. The van der Waals surface area contributed by atoms with Crippen LogP contribution in [0.5, 0.6) is 5.75 Å². The first kappa shape index (κ1) is 20.8. The van der Waals surface area contributed by atoms with Crippen LogP contribution in [0.3, 0.4) is 0 Å². The highest BCUT2D eigenvalue weighted by Crippen LogP contribution is 2.19. The van der Waals surface area contributed by atoms with Crippen LogP contribution in [0, 0.1) is 5.41 Å². The van der Waals surface area contributed by atoms with Crippen LogP contribution in [0.1, 0.15) is 24.0 Å². The molecule has 1 saturated heterocycles. The van der Waals surface area contributed by atoms with E-state index in [1.807, 2.05) is 30.3 Å². The third-order valence-corrected chi connectivity index (χ3v) is 5.43. The number of anilines is 1. The van der Waals surface area contributed by atoms with Gasteiger partial charge in [0, 0.05) is 66.5 Å². The van der Waals surface area contributed by atoms with Gasteiger partial charge in [-0.1, -0.05) is 6.07 Å². The molecule has 1 fully saturated rings. The monoisotopic (exact) mass is 417 g/mol. The van der Waals surface area contributed by atoms with Gasteiger partial charge in [0.15, 0.2) is 0 Å². The molecule has 0 bridgehead atoms. The third kappa shape index (κ3) is 5.38. The van der Waals surface area contributed by atoms with Crippen molar-refractivity contribution in [1.82, 2.24) is 14.5 Å². The molecule has 160 valence electrons. The molecule has 0 saturated carbocycles. The highest BCUT2D eigenvalue weighted by atomic mass is 16.5. The van der Waals surface area contributed by atoms with E-state index in [2.05, 4.69) is 15.2 Å². The summed E-state index contributed by atoms with van der Waals surface area (Å²) in [5.74, 6) is 0.512. The largest absolute Gasteiger partial charge is 0.489 e. The summed E-state index contributed by atoms with van der Waals surface area (Å²) in [6, 6.07) is 12.7. The first-order valence-electron chi connectivity index (χ1n) is 10.6.